The van der Waals surface area contributed by atoms with Crippen LogP contribution < -0.4 is 10.1 Å². The van der Waals surface area contributed by atoms with E-state index in [9.17, 15) is 4.79 Å². The third-order valence-corrected chi connectivity index (χ3v) is 4.23. The molecule has 4 nitrogen and oxygen atoms in total. The van der Waals surface area contributed by atoms with Crippen molar-refractivity contribution in [3.8, 4) is 5.75 Å². The highest BCUT2D eigenvalue weighted by molar-refractivity contribution is 6.31. The Labute approximate surface area is 153 Å². The van der Waals surface area contributed by atoms with Crippen LogP contribution >= 0.6 is 24.0 Å². The lowest BCUT2D eigenvalue weighted by Gasteiger charge is -2.28. The topological polar surface area (TPSA) is 41.6 Å². The summed E-state index contributed by atoms with van der Waals surface area (Å²) in [6, 6.07) is 14.9. The van der Waals surface area contributed by atoms with Gasteiger partial charge in [-0.15, -0.1) is 12.4 Å². The molecule has 0 radical (unpaired) electrons. The first-order chi connectivity index (χ1) is 11.3. The number of carbonyl (C=O) groups excluding carboxylic acids is 1. The number of para-hydroxylation sites is 1. The Morgan fingerprint density at radius 3 is 2.50 bits per heavy atom. The van der Waals surface area contributed by atoms with Crippen molar-refractivity contribution in [2.24, 2.45) is 0 Å². The summed E-state index contributed by atoms with van der Waals surface area (Å²) in [5, 5.41) is 3.91. The number of amides is 1. The maximum absolute atomic E-state index is 12.7. The predicted molar refractivity (Wildman–Crippen MR) is 98.2 cm³/mol. The first-order valence-corrected chi connectivity index (χ1v) is 8.09. The molecule has 1 saturated heterocycles. The molecule has 0 atom stereocenters. The molecule has 1 N–H and O–H groups in total. The molecule has 0 bridgehead atoms. The molecule has 0 unspecified atom stereocenters. The number of benzene rings is 2. The molecule has 0 aliphatic carbocycles. The molecule has 3 rings (SSSR count). The van der Waals surface area contributed by atoms with Gasteiger partial charge in [-0.3, -0.25) is 4.79 Å². The lowest BCUT2D eigenvalue weighted by atomic mass is 10.1. The molecule has 128 valence electrons. The minimum atomic E-state index is 0. The molecule has 1 aliphatic heterocycles. The van der Waals surface area contributed by atoms with Crippen molar-refractivity contribution in [3.05, 3.63) is 64.7 Å². The number of halogens is 2. The SMILES string of the molecule is Cl.O=C(c1ccccc1OCc1ccccc1Cl)N1CCNCC1. The predicted octanol–water partition coefficient (Wildman–Crippen LogP) is 3.39. The summed E-state index contributed by atoms with van der Waals surface area (Å²) < 4.78 is 5.87. The summed E-state index contributed by atoms with van der Waals surface area (Å²) in [6.07, 6.45) is 0. The zero-order chi connectivity index (χ0) is 16.1. The summed E-state index contributed by atoms with van der Waals surface area (Å²) in [4.78, 5) is 14.5. The van der Waals surface area contributed by atoms with Crippen LogP contribution in [0, 0.1) is 0 Å². The lowest BCUT2D eigenvalue weighted by Crippen LogP contribution is -2.46. The van der Waals surface area contributed by atoms with Crippen molar-refractivity contribution >= 4 is 29.9 Å². The maximum Gasteiger partial charge on any atom is 0.257 e. The molecule has 0 aromatic heterocycles. The van der Waals surface area contributed by atoms with Gasteiger partial charge in [0.25, 0.3) is 5.91 Å². The van der Waals surface area contributed by atoms with E-state index in [1.165, 1.54) is 0 Å². The van der Waals surface area contributed by atoms with E-state index in [-0.39, 0.29) is 18.3 Å². The van der Waals surface area contributed by atoms with E-state index in [0.717, 1.165) is 31.7 Å². The van der Waals surface area contributed by atoms with Crippen LogP contribution in [0.25, 0.3) is 0 Å². The van der Waals surface area contributed by atoms with Crippen molar-refractivity contribution in [1.82, 2.24) is 10.2 Å². The number of nitrogens with one attached hydrogen (secondary N) is 1. The minimum absolute atomic E-state index is 0. The molecular weight excluding hydrogens is 347 g/mol. The molecule has 2 aromatic carbocycles. The number of nitrogens with zero attached hydrogens (tertiary/aromatic N) is 1. The summed E-state index contributed by atoms with van der Waals surface area (Å²) in [5.41, 5.74) is 1.50. The molecule has 0 spiro atoms. The number of carbonyl (C=O) groups is 1. The highest BCUT2D eigenvalue weighted by atomic mass is 35.5. The second-order valence-corrected chi connectivity index (χ2v) is 5.83. The number of hydrogen-bond donors (Lipinski definition) is 1. The fourth-order valence-corrected chi connectivity index (χ4v) is 2.77. The molecule has 2 aromatic rings. The largest absolute Gasteiger partial charge is 0.488 e. The summed E-state index contributed by atoms with van der Waals surface area (Å²) in [7, 11) is 0. The highest BCUT2D eigenvalue weighted by Gasteiger charge is 2.21. The van der Waals surface area contributed by atoms with Gasteiger partial charge in [-0.2, -0.15) is 0 Å². The molecular formula is C18H20Cl2N2O2. The van der Waals surface area contributed by atoms with Crippen LogP contribution in [-0.4, -0.2) is 37.0 Å². The normalized spacial score (nSPS) is 14.0. The number of piperazine rings is 1. The van der Waals surface area contributed by atoms with E-state index in [1.54, 1.807) is 0 Å². The van der Waals surface area contributed by atoms with E-state index in [1.807, 2.05) is 53.4 Å². The lowest BCUT2D eigenvalue weighted by molar-refractivity contribution is 0.0731. The van der Waals surface area contributed by atoms with Crippen LogP contribution in [0.2, 0.25) is 5.02 Å². The molecule has 6 heteroatoms. The average Bonchev–Trinajstić information content (AvgIpc) is 2.61. The third-order valence-electron chi connectivity index (χ3n) is 3.86. The number of ether oxygens (including phenoxy) is 1. The summed E-state index contributed by atoms with van der Waals surface area (Å²) >= 11 is 6.15. The van der Waals surface area contributed by atoms with Gasteiger partial charge in [0.2, 0.25) is 0 Å². The Morgan fingerprint density at radius 2 is 1.75 bits per heavy atom. The molecule has 24 heavy (non-hydrogen) atoms. The Hall–Kier alpha value is -1.75. The molecule has 0 saturated carbocycles. The van der Waals surface area contributed by atoms with Crippen molar-refractivity contribution in [1.29, 1.82) is 0 Å². The van der Waals surface area contributed by atoms with Crippen molar-refractivity contribution in [2.45, 2.75) is 6.61 Å². The van der Waals surface area contributed by atoms with Crippen molar-refractivity contribution in [2.75, 3.05) is 26.2 Å². The first kappa shape index (κ1) is 18.6. The van der Waals surface area contributed by atoms with Crippen molar-refractivity contribution < 1.29 is 9.53 Å². The Balaban J connectivity index is 0.00000208. The zero-order valence-electron chi connectivity index (χ0n) is 13.2. The first-order valence-electron chi connectivity index (χ1n) is 7.71. The standard InChI is InChI=1S/C18H19ClN2O2.ClH/c19-16-7-3-1-5-14(16)13-23-17-8-4-2-6-15(17)18(22)21-11-9-20-10-12-21;/h1-8,20H,9-13H2;1H. The molecule has 1 amide bonds. The van der Waals surface area contributed by atoms with Gasteiger partial charge < -0.3 is 15.0 Å². The number of rotatable bonds is 4. The molecule has 1 fully saturated rings. The Morgan fingerprint density at radius 1 is 1.08 bits per heavy atom. The van der Waals surface area contributed by atoms with Crippen LogP contribution in [0.4, 0.5) is 0 Å². The van der Waals surface area contributed by atoms with E-state index in [0.29, 0.717) is 22.9 Å². The van der Waals surface area contributed by atoms with Crippen LogP contribution in [-0.2, 0) is 6.61 Å². The van der Waals surface area contributed by atoms with Gasteiger partial charge in [0, 0.05) is 36.8 Å². The fraction of sp³-hybridized carbons (Fsp3) is 0.278. The maximum atomic E-state index is 12.7. The highest BCUT2D eigenvalue weighted by Crippen LogP contribution is 2.23. The van der Waals surface area contributed by atoms with Crippen LogP contribution in [0.3, 0.4) is 0 Å². The monoisotopic (exact) mass is 366 g/mol. The van der Waals surface area contributed by atoms with Gasteiger partial charge in [-0.05, 0) is 18.2 Å². The van der Waals surface area contributed by atoms with Gasteiger partial charge >= 0.3 is 0 Å². The van der Waals surface area contributed by atoms with Crippen LogP contribution in [0.1, 0.15) is 15.9 Å². The van der Waals surface area contributed by atoms with Crippen molar-refractivity contribution in [3.63, 3.8) is 0 Å². The smallest absolute Gasteiger partial charge is 0.257 e. The van der Waals surface area contributed by atoms with E-state index >= 15 is 0 Å². The van der Waals surface area contributed by atoms with Gasteiger partial charge in [-0.25, -0.2) is 0 Å². The quantitative estimate of drug-likeness (QED) is 0.901. The molecule has 1 heterocycles. The zero-order valence-corrected chi connectivity index (χ0v) is 14.8. The van der Waals surface area contributed by atoms with Gasteiger partial charge in [-0.1, -0.05) is 41.9 Å². The van der Waals surface area contributed by atoms with E-state index < -0.39 is 0 Å². The third kappa shape index (κ3) is 4.41. The summed E-state index contributed by atoms with van der Waals surface area (Å²) in [5.74, 6) is 0.609. The average molecular weight is 367 g/mol. The van der Waals surface area contributed by atoms with E-state index in [4.69, 9.17) is 16.3 Å². The van der Waals surface area contributed by atoms with Gasteiger partial charge in [0.05, 0.1) is 5.56 Å². The fourth-order valence-electron chi connectivity index (χ4n) is 2.58. The van der Waals surface area contributed by atoms with E-state index in [2.05, 4.69) is 5.32 Å². The van der Waals surface area contributed by atoms with Crippen LogP contribution in [0.5, 0.6) is 5.75 Å². The second-order valence-electron chi connectivity index (χ2n) is 5.42. The Kier molecular flexibility index (Phi) is 6.91. The molecule has 1 aliphatic rings. The second kappa shape index (κ2) is 8.92. The Bertz CT molecular complexity index is 688. The number of hydrogen-bond acceptors (Lipinski definition) is 3. The van der Waals surface area contributed by atoms with Gasteiger partial charge in [0.1, 0.15) is 12.4 Å². The minimum Gasteiger partial charge on any atom is -0.488 e. The summed E-state index contributed by atoms with van der Waals surface area (Å²) in [6.45, 7) is 3.43. The van der Waals surface area contributed by atoms with Gasteiger partial charge in [0.15, 0.2) is 0 Å². The van der Waals surface area contributed by atoms with Crippen LogP contribution in [0.15, 0.2) is 48.5 Å².